The van der Waals surface area contributed by atoms with E-state index in [1.165, 1.54) is 0 Å². The Balaban J connectivity index is 2.41. The predicted molar refractivity (Wildman–Crippen MR) is 70.6 cm³/mol. The Bertz CT molecular complexity index is 502. The first-order valence-electron chi connectivity index (χ1n) is 5.22. The van der Waals surface area contributed by atoms with Crippen LogP contribution in [0.1, 0.15) is 17.2 Å². The summed E-state index contributed by atoms with van der Waals surface area (Å²) in [4.78, 5) is 0. The monoisotopic (exact) mass is 269 g/mol. The molecule has 0 radical (unpaired) electrons. The molecule has 0 spiro atoms. The number of hydrogen-bond donors (Lipinski definition) is 1. The van der Waals surface area contributed by atoms with Gasteiger partial charge in [-0.15, -0.1) is 0 Å². The highest BCUT2D eigenvalue weighted by Crippen LogP contribution is 2.27. The molecule has 2 rings (SSSR count). The molecule has 0 aliphatic rings. The zero-order valence-electron chi connectivity index (χ0n) is 9.61. The van der Waals surface area contributed by atoms with Crippen molar-refractivity contribution in [1.82, 2.24) is 15.1 Å². The van der Waals surface area contributed by atoms with E-state index in [2.05, 4.69) is 10.4 Å². The predicted octanol–water partition coefficient (Wildman–Crippen LogP) is 3.04. The third-order valence-electron chi connectivity index (χ3n) is 2.57. The number of halogens is 2. The van der Waals surface area contributed by atoms with E-state index in [1.807, 2.05) is 38.6 Å². The first-order chi connectivity index (χ1) is 8.10. The van der Waals surface area contributed by atoms with E-state index in [1.54, 1.807) is 10.7 Å². The lowest BCUT2D eigenvalue weighted by molar-refractivity contribution is 0.689. The lowest BCUT2D eigenvalue weighted by Gasteiger charge is -2.15. The van der Waals surface area contributed by atoms with Gasteiger partial charge < -0.3 is 5.32 Å². The average molecular weight is 270 g/mol. The normalized spacial score (nSPS) is 12.7. The molecule has 1 atom stereocenters. The Morgan fingerprint density at radius 2 is 1.82 bits per heavy atom. The Labute approximate surface area is 110 Å². The summed E-state index contributed by atoms with van der Waals surface area (Å²) >= 11 is 12.0. The van der Waals surface area contributed by atoms with Crippen molar-refractivity contribution in [2.75, 3.05) is 7.05 Å². The maximum Gasteiger partial charge on any atom is 0.0606 e. The molecule has 0 amide bonds. The van der Waals surface area contributed by atoms with Crippen LogP contribution in [0, 0.1) is 0 Å². The van der Waals surface area contributed by atoms with Gasteiger partial charge in [-0.25, -0.2) is 0 Å². The number of aryl methyl sites for hydroxylation is 1. The first-order valence-corrected chi connectivity index (χ1v) is 5.97. The van der Waals surface area contributed by atoms with Gasteiger partial charge in [-0.2, -0.15) is 5.10 Å². The van der Waals surface area contributed by atoms with Crippen LogP contribution in [0.4, 0.5) is 0 Å². The second-order valence-corrected chi connectivity index (χ2v) is 4.74. The fraction of sp³-hybridized carbons (Fsp3) is 0.250. The molecular formula is C12H13Cl2N3. The second-order valence-electron chi connectivity index (χ2n) is 3.87. The van der Waals surface area contributed by atoms with Crippen LogP contribution in [0.15, 0.2) is 30.6 Å². The molecule has 1 heterocycles. The third kappa shape index (κ3) is 2.80. The fourth-order valence-corrected chi connectivity index (χ4v) is 2.40. The Morgan fingerprint density at radius 3 is 2.29 bits per heavy atom. The Kier molecular flexibility index (Phi) is 3.72. The van der Waals surface area contributed by atoms with Gasteiger partial charge in [0.05, 0.1) is 12.2 Å². The number of aromatic nitrogens is 2. The minimum atomic E-state index is 0.0416. The number of nitrogens with one attached hydrogen (secondary N) is 1. The van der Waals surface area contributed by atoms with Crippen molar-refractivity contribution in [1.29, 1.82) is 0 Å². The second kappa shape index (κ2) is 5.08. The van der Waals surface area contributed by atoms with Crippen molar-refractivity contribution in [3.8, 4) is 0 Å². The average Bonchev–Trinajstić information content (AvgIpc) is 2.64. The summed E-state index contributed by atoms with van der Waals surface area (Å²) in [6, 6.07) is 5.58. The van der Waals surface area contributed by atoms with Crippen molar-refractivity contribution >= 4 is 23.2 Å². The largest absolute Gasteiger partial charge is 0.309 e. The van der Waals surface area contributed by atoms with Crippen LogP contribution in [0.2, 0.25) is 10.0 Å². The van der Waals surface area contributed by atoms with E-state index in [9.17, 15) is 0 Å². The fourth-order valence-electron chi connectivity index (χ4n) is 1.86. The lowest BCUT2D eigenvalue weighted by Crippen LogP contribution is -2.17. The zero-order valence-corrected chi connectivity index (χ0v) is 11.1. The van der Waals surface area contributed by atoms with Gasteiger partial charge in [-0.3, -0.25) is 4.68 Å². The van der Waals surface area contributed by atoms with Crippen molar-refractivity contribution in [2.24, 2.45) is 7.05 Å². The number of nitrogens with zero attached hydrogens (tertiary/aromatic N) is 2. The van der Waals surface area contributed by atoms with Gasteiger partial charge in [-0.05, 0) is 30.8 Å². The van der Waals surface area contributed by atoms with Gasteiger partial charge in [0.1, 0.15) is 0 Å². The van der Waals surface area contributed by atoms with Crippen LogP contribution >= 0.6 is 23.2 Å². The maximum atomic E-state index is 6.01. The first kappa shape index (κ1) is 12.4. The summed E-state index contributed by atoms with van der Waals surface area (Å²) < 4.78 is 1.77. The van der Waals surface area contributed by atoms with E-state index in [-0.39, 0.29) is 6.04 Å². The molecule has 0 saturated heterocycles. The lowest BCUT2D eigenvalue weighted by atomic mass is 10.0. The molecule has 1 aromatic carbocycles. The third-order valence-corrected chi connectivity index (χ3v) is 3.00. The Morgan fingerprint density at radius 1 is 1.18 bits per heavy atom. The molecule has 1 aromatic heterocycles. The molecule has 1 N–H and O–H groups in total. The zero-order chi connectivity index (χ0) is 12.4. The summed E-state index contributed by atoms with van der Waals surface area (Å²) in [6.45, 7) is 0. The summed E-state index contributed by atoms with van der Waals surface area (Å²) in [5, 5.41) is 8.67. The summed E-state index contributed by atoms with van der Waals surface area (Å²) in [7, 11) is 3.79. The molecule has 0 bridgehead atoms. The molecule has 5 heteroatoms. The van der Waals surface area contributed by atoms with E-state index < -0.39 is 0 Å². The molecule has 0 saturated carbocycles. The number of benzene rings is 1. The van der Waals surface area contributed by atoms with Crippen molar-refractivity contribution in [2.45, 2.75) is 6.04 Å². The highest BCUT2D eigenvalue weighted by atomic mass is 35.5. The smallest absolute Gasteiger partial charge is 0.0606 e. The van der Waals surface area contributed by atoms with E-state index in [4.69, 9.17) is 23.2 Å². The number of rotatable bonds is 3. The van der Waals surface area contributed by atoms with Crippen molar-refractivity contribution in [3.63, 3.8) is 0 Å². The van der Waals surface area contributed by atoms with Gasteiger partial charge >= 0.3 is 0 Å². The van der Waals surface area contributed by atoms with Crippen LogP contribution in [0.25, 0.3) is 0 Å². The van der Waals surface area contributed by atoms with Crippen molar-refractivity contribution in [3.05, 3.63) is 51.8 Å². The summed E-state index contributed by atoms with van der Waals surface area (Å²) in [5.74, 6) is 0. The van der Waals surface area contributed by atoms with Crippen molar-refractivity contribution < 1.29 is 0 Å². The molecule has 2 aromatic rings. The summed E-state index contributed by atoms with van der Waals surface area (Å²) in [5.41, 5.74) is 2.10. The van der Waals surface area contributed by atoms with Crippen LogP contribution in [-0.2, 0) is 7.05 Å². The number of hydrogen-bond acceptors (Lipinski definition) is 2. The van der Waals surface area contributed by atoms with Gasteiger partial charge in [0, 0.05) is 28.9 Å². The summed E-state index contributed by atoms with van der Waals surface area (Å²) in [6.07, 6.45) is 3.80. The topological polar surface area (TPSA) is 29.9 Å². The molecule has 3 nitrogen and oxygen atoms in total. The molecule has 1 unspecified atom stereocenters. The minimum absolute atomic E-state index is 0.0416. The van der Waals surface area contributed by atoms with Crippen LogP contribution in [0.3, 0.4) is 0 Å². The molecule has 0 fully saturated rings. The highest BCUT2D eigenvalue weighted by molar-refractivity contribution is 6.34. The minimum Gasteiger partial charge on any atom is -0.309 e. The maximum absolute atomic E-state index is 6.01. The van der Waals surface area contributed by atoms with E-state index >= 15 is 0 Å². The quantitative estimate of drug-likeness (QED) is 0.929. The molecule has 17 heavy (non-hydrogen) atoms. The molecule has 0 aliphatic heterocycles. The van der Waals surface area contributed by atoms with Crippen LogP contribution < -0.4 is 5.32 Å². The van der Waals surface area contributed by atoms with E-state index in [0.717, 1.165) is 11.1 Å². The van der Waals surface area contributed by atoms with E-state index in [0.29, 0.717) is 10.0 Å². The van der Waals surface area contributed by atoms with Gasteiger partial charge in [0.2, 0.25) is 0 Å². The molecule has 90 valence electrons. The van der Waals surface area contributed by atoms with Gasteiger partial charge in [0.25, 0.3) is 0 Å². The van der Waals surface area contributed by atoms with Crippen LogP contribution in [0.5, 0.6) is 0 Å². The Hall–Kier alpha value is -1.03. The highest BCUT2D eigenvalue weighted by Gasteiger charge is 2.14. The van der Waals surface area contributed by atoms with Crippen LogP contribution in [-0.4, -0.2) is 16.8 Å². The van der Waals surface area contributed by atoms with Gasteiger partial charge in [0.15, 0.2) is 0 Å². The molecule has 0 aliphatic carbocycles. The SMILES string of the molecule is CNC(c1cc(Cl)cc(Cl)c1)c1cnn(C)c1. The standard InChI is InChI=1S/C12H13Cl2N3/c1-15-12(9-6-16-17(2)7-9)8-3-10(13)5-11(14)4-8/h3-7,12,15H,1-2H3. The molecular weight excluding hydrogens is 257 g/mol. The van der Waals surface area contributed by atoms with Gasteiger partial charge in [-0.1, -0.05) is 23.2 Å².